The summed E-state index contributed by atoms with van der Waals surface area (Å²) in [5, 5.41) is 10.00. The second-order valence-corrected chi connectivity index (χ2v) is 4.07. The molecular weight excluding hydrogens is 280 g/mol. The van der Waals surface area contributed by atoms with Gasteiger partial charge >= 0.3 is 0 Å². The molecule has 86 valence electrons. The van der Waals surface area contributed by atoms with Crippen molar-refractivity contribution >= 4 is 47.2 Å². The average molecular weight is 291 g/mol. The molecule has 6 heteroatoms. The van der Waals surface area contributed by atoms with Gasteiger partial charge in [-0.25, -0.2) is 0 Å². The highest BCUT2D eigenvalue weighted by atomic mass is 35.5. The van der Waals surface area contributed by atoms with Crippen molar-refractivity contribution in [3.05, 3.63) is 32.8 Å². The van der Waals surface area contributed by atoms with Crippen LogP contribution in [0.3, 0.4) is 0 Å². The highest BCUT2D eigenvalue weighted by Gasteiger charge is 2.15. The number of hydrogen-bond donors (Lipinski definition) is 2. The summed E-state index contributed by atoms with van der Waals surface area (Å²) < 4.78 is 0. The molecule has 0 aliphatic rings. The summed E-state index contributed by atoms with van der Waals surface area (Å²) in [6, 6.07) is 2.86. The second kappa shape index (κ2) is 6.79. The fraction of sp³-hybridized carbons (Fsp3) is 0.333. The molecule has 0 saturated carbocycles. The monoisotopic (exact) mass is 289 g/mol. The van der Waals surface area contributed by atoms with E-state index in [9.17, 15) is 0 Å². The zero-order valence-corrected chi connectivity index (χ0v) is 10.8. The molecule has 0 fully saturated rings. The fourth-order valence-electron chi connectivity index (χ4n) is 1.17. The third kappa shape index (κ3) is 3.66. The van der Waals surface area contributed by atoms with Crippen LogP contribution in [0.5, 0.6) is 0 Å². The molecule has 0 aliphatic heterocycles. The minimum Gasteiger partial charge on any atom is -0.396 e. The number of halogens is 4. The summed E-state index contributed by atoms with van der Waals surface area (Å²) in [4.78, 5) is 0. The maximum Gasteiger partial charge on any atom is 0.0654 e. The maximum absolute atomic E-state index is 8.75. The third-order valence-electron chi connectivity index (χ3n) is 1.89. The van der Waals surface area contributed by atoms with Gasteiger partial charge in [0.15, 0.2) is 0 Å². The van der Waals surface area contributed by atoms with Gasteiger partial charge in [0.05, 0.1) is 10.0 Å². The van der Waals surface area contributed by atoms with Crippen LogP contribution in [-0.2, 0) is 0 Å². The summed E-state index contributed by atoms with van der Waals surface area (Å²) in [5.74, 6) is 0. The second-order valence-electron chi connectivity index (χ2n) is 2.88. The van der Waals surface area contributed by atoms with E-state index in [1.54, 1.807) is 12.1 Å². The Morgan fingerprint density at radius 1 is 1.20 bits per heavy atom. The predicted molar refractivity (Wildman–Crippen MR) is 67.4 cm³/mol. The Hall–Kier alpha value is 0.300. The van der Waals surface area contributed by atoms with E-state index in [0.717, 1.165) is 0 Å². The van der Waals surface area contributed by atoms with Crippen molar-refractivity contribution in [3.8, 4) is 0 Å². The van der Waals surface area contributed by atoms with Crippen molar-refractivity contribution in [3.63, 3.8) is 0 Å². The molecule has 0 heterocycles. The van der Waals surface area contributed by atoms with Gasteiger partial charge in [0.25, 0.3) is 0 Å². The van der Waals surface area contributed by atoms with Crippen LogP contribution in [0, 0.1) is 0 Å². The van der Waals surface area contributed by atoms with E-state index in [1.807, 2.05) is 0 Å². The van der Waals surface area contributed by atoms with E-state index in [4.69, 9.17) is 45.6 Å². The Bertz CT molecular complexity index is 332. The van der Waals surface area contributed by atoms with Gasteiger partial charge in [-0.3, -0.25) is 0 Å². The van der Waals surface area contributed by atoms with E-state index in [0.29, 0.717) is 27.1 Å². The van der Waals surface area contributed by atoms with Crippen LogP contribution in [0.4, 0.5) is 0 Å². The van der Waals surface area contributed by atoms with Crippen LogP contribution < -0.4 is 5.73 Å². The molecular formula is C9H11Cl4NO. The highest BCUT2D eigenvalue weighted by molar-refractivity contribution is 6.44. The lowest BCUT2D eigenvalue weighted by molar-refractivity contribution is 0.276. The zero-order chi connectivity index (χ0) is 10.7. The first-order valence-electron chi connectivity index (χ1n) is 4.07. The lowest BCUT2D eigenvalue weighted by atomic mass is 10.1. The SMILES string of the molecule is Cl.N[C@@H](CCO)c1c(Cl)ccc(Cl)c1Cl. The minimum absolute atomic E-state index is 0. The molecule has 0 aliphatic carbocycles. The first kappa shape index (κ1) is 15.3. The molecule has 1 rings (SSSR count). The summed E-state index contributed by atoms with van der Waals surface area (Å²) in [6.07, 6.45) is 0.403. The van der Waals surface area contributed by atoms with Crippen LogP contribution in [0.15, 0.2) is 12.1 Å². The first-order valence-corrected chi connectivity index (χ1v) is 5.21. The summed E-state index contributed by atoms with van der Waals surface area (Å²) in [5.41, 5.74) is 6.38. The molecule has 1 atom stereocenters. The topological polar surface area (TPSA) is 46.2 Å². The molecule has 1 aromatic carbocycles. The maximum atomic E-state index is 8.75. The molecule has 0 aromatic heterocycles. The average Bonchev–Trinajstić information content (AvgIpc) is 2.13. The Kier molecular flexibility index (Phi) is 6.93. The number of hydrogen-bond acceptors (Lipinski definition) is 2. The van der Waals surface area contributed by atoms with Gasteiger partial charge in [-0.15, -0.1) is 12.4 Å². The van der Waals surface area contributed by atoms with E-state index >= 15 is 0 Å². The quantitative estimate of drug-likeness (QED) is 0.838. The standard InChI is InChI=1S/C9H10Cl3NO.ClH/c10-5-1-2-6(11)9(12)8(5)7(13)3-4-14;/h1-2,7,14H,3-4,13H2;1H/t7-;/m0./s1. The highest BCUT2D eigenvalue weighted by Crippen LogP contribution is 2.35. The number of benzene rings is 1. The molecule has 3 N–H and O–H groups in total. The Morgan fingerprint density at radius 2 is 1.73 bits per heavy atom. The van der Waals surface area contributed by atoms with Crippen LogP contribution in [0.25, 0.3) is 0 Å². The molecule has 0 unspecified atom stereocenters. The lowest BCUT2D eigenvalue weighted by Crippen LogP contribution is -2.13. The van der Waals surface area contributed by atoms with Crippen molar-refractivity contribution in [1.82, 2.24) is 0 Å². The number of rotatable bonds is 3. The summed E-state index contributed by atoms with van der Waals surface area (Å²) >= 11 is 17.7. The van der Waals surface area contributed by atoms with Crippen LogP contribution >= 0.6 is 47.2 Å². The van der Waals surface area contributed by atoms with Gasteiger partial charge in [0, 0.05) is 23.2 Å². The van der Waals surface area contributed by atoms with Crippen LogP contribution in [-0.4, -0.2) is 11.7 Å². The third-order valence-corrected chi connectivity index (χ3v) is 3.04. The number of nitrogens with two attached hydrogens (primary N) is 1. The van der Waals surface area contributed by atoms with E-state index in [1.165, 1.54) is 0 Å². The zero-order valence-electron chi connectivity index (χ0n) is 7.71. The van der Waals surface area contributed by atoms with Crippen LogP contribution in [0.1, 0.15) is 18.0 Å². The summed E-state index contributed by atoms with van der Waals surface area (Å²) in [6.45, 7) is -0.0136. The summed E-state index contributed by atoms with van der Waals surface area (Å²) in [7, 11) is 0. The molecule has 0 saturated heterocycles. The molecule has 0 spiro atoms. The molecule has 0 radical (unpaired) electrons. The molecule has 2 nitrogen and oxygen atoms in total. The normalized spacial score (nSPS) is 12.1. The fourth-order valence-corrected chi connectivity index (χ4v) is 1.98. The number of aliphatic hydroxyl groups is 1. The van der Waals surface area contributed by atoms with Gasteiger partial charge < -0.3 is 10.8 Å². The van der Waals surface area contributed by atoms with Crippen molar-refractivity contribution in [1.29, 1.82) is 0 Å². The number of aliphatic hydroxyl groups excluding tert-OH is 1. The molecule has 15 heavy (non-hydrogen) atoms. The van der Waals surface area contributed by atoms with Gasteiger partial charge in [-0.2, -0.15) is 0 Å². The molecule has 0 bridgehead atoms. The Labute approximate surface area is 110 Å². The van der Waals surface area contributed by atoms with Crippen LogP contribution in [0.2, 0.25) is 15.1 Å². The van der Waals surface area contributed by atoms with Gasteiger partial charge in [0.2, 0.25) is 0 Å². The van der Waals surface area contributed by atoms with E-state index in [-0.39, 0.29) is 19.0 Å². The predicted octanol–water partition coefficient (Wildman–Crippen LogP) is 3.45. The van der Waals surface area contributed by atoms with Crippen molar-refractivity contribution < 1.29 is 5.11 Å². The molecule has 0 amide bonds. The van der Waals surface area contributed by atoms with E-state index < -0.39 is 6.04 Å². The van der Waals surface area contributed by atoms with Crippen molar-refractivity contribution in [2.75, 3.05) is 6.61 Å². The minimum atomic E-state index is -0.390. The lowest BCUT2D eigenvalue weighted by Gasteiger charge is -2.14. The molecule has 1 aromatic rings. The Morgan fingerprint density at radius 3 is 2.27 bits per heavy atom. The van der Waals surface area contributed by atoms with Gasteiger partial charge in [-0.1, -0.05) is 34.8 Å². The van der Waals surface area contributed by atoms with Gasteiger partial charge in [-0.05, 0) is 18.6 Å². The smallest absolute Gasteiger partial charge is 0.0654 e. The van der Waals surface area contributed by atoms with Gasteiger partial charge in [0.1, 0.15) is 0 Å². The largest absolute Gasteiger partial charge is 0.396 e. The Balaban J connectivity index is 0.00000196. The first-order chi connectivity index (χ1) is 6.57. The van der Waals surface area contributed by atoms with Crippen molar-refractivity contribution in [2.24, 2.45) is 5.73 Å². The van der Waals surface area contributed by atoms with Crippen molar-refractivity contribution in [2.45, 2.75) is 12.5 Å². The van der Waals surface area contributed by atoms with E-state index in [2.05, 4.69) is 0 Å².